The van der Waals surface area contributed by atoms with Gasteiger partial charge in [0.1, 0.15) is 11.5 Å². The smallest absolute Gasteiger partial charge is 0.130 e. The minimum absolute atomic E-state index is 0.0528. The molecule has 0 bridgehead atoms. The molecule has 1 fully saturated rings. The van der Waals surface area contributed by atoms with Gasteiger partial charge in [-0.25, -0.2) is 0 Å². The summed E-state index contributed by atoms with van der Waals surface area (Å²) in [7, 11) is 0. The van der Waals surface area contributed by atoms with E-state index in [0.717, 1.165) is 35.3 Å². The molecule has 3 rings (SSSR count). The summed E-state index contributed by atoms with van der Waals surface area (Å²) in [6, 6.07) is 10.3. The van der Waals surface area contributed by atoms with Gasteiger partial charge in [-0.2, -0.15) is 0 Å². The van der Waals surface area contributed by atoms with Crippen molar-refractivity contribution in [2.45, 2.75) is 58.0 Å². The number of ether oxygens (including phenoxy) is 1. The van der Waals surface area contributed by atoms with E-state index in [-0.39, 0.29) is 11.7 Å². The van der Waals surface area contributed by atoms with Gasteiger partial charge in [-0.05, 0) is 74.4 Å². The lowest BCUT2D eigenvalue weighted by Crippen LogP contribution is -2.13. The molecule has 1 aliphatic rings. The van der Waals surface area contributed by atoms with Gasteiger partial charge in [-0.3, -0.25) is 9.78 Å². The van der Waals surface area contributed by atoms with Crippen LogP contribution in [0.15, 0.2) is 42.7 Å². The number of hydrogen-bond donors (Lipinski definition) is 0. The van der Waals surface area contributed by atoms with E-state index in [2.05, 4.69) is 30.1 Å². The molecule has 1 unspecified atom stereocenters. The van der Waals surface area contributed by atoms with Gasteiger partial charge in [0.05, 0.1) is 6.10 Å². The van der Waals surface area contributed by atoms with Gasteiger partial charge in [-0.15, -0.1) is 0 Å². The highest BCUT2D eigenvalue weighted by molar-refractivity contribution is 5.77. The summed E-state index contributed by atoms with van der Waals surface area (Å²) in [6.07, 6.45) is 9.21. The zero-order chi connectivity index (χ0) is 16.9. The van der Waals surface area contributed by atoms with E-state index in [9.17, 15) is 4.79 Å². The predicted octanol–water partition coefficient (Wildman–Crippen LogP) is 4.82. The standard InChI is InChI=1S/C21H25NO2/c1-15-7-8-18(14-21(15)24-19-5-3-4-6-19)20(13-16(2)23)17-9-11-22-12-10-17/h7-12,14,19-20H,3-6,13H2,1-2H3. The molecule has 0 saturated heterocycles. The van der Waals surface area contributed by atoms with E-state index in [1.807, 2.05) is 12.1 Å². The highest BCUT2D eigenvalue weighted by atomic mass is 16.5. The van der Waals surface area contributed by atoms with Crippen molar-refractivity contribution in [1.82, 2.24) is 4.98 Å². The van der Waals surface area contributed by atoms with E-state index in [4.69, 9.17) is 4.74 Å². The number of nitrogens with zero attached hydrogens (tertiary/aromatic N) is 1. The Hall–Kier alpha value is -2.16. The number of hydrogen-bond acceptors (Lipinski definition) is 3. The molecule has 0 spiro atoms. The Kier molecular flexibility index (Phi) is 5.29. The number of aromatic nitrogens is 1. The Morgan fingerprint density at radius 1 is 1.17 bits per heavy atom. The van der Waals surface area contributed by atoms with Crippen molar-refractivity contribution in [3.05, 3.63) is 59.4 Å². The van der Waals surface area contributed by atoms with Crippen molar-refractivity contribution in [2.75, 3.05) is 0 Å². The maximum atomic E-state index is 11.8. The van der Waals surface area contributed by atoms with Crippen LogP contribution in [0.3, 0.4) is 0 Å². The van der Waals surface area contributed by atoms with Crippen LogP contribution in [-0.2, 0) is 4.79 Å². The number of aryl methyl sites for hydroxylation is 1. The van der Waals surface area contributed by atoms with Crippen LogP contribution in [0.5, 0.6) is 5.75 Å². The number of carbonyl (C=O) groups is 1. The van der Waals surface area contributed by atoms with Crippen molar-refractivity contribution in [2.24, 2.45) is 0 Å². The third-order valence-corrected chi connectivity index (χ3v) is 4.81. The monoisotopic (exact) mass is 323 g/mol. The summed E-state index contributed by atoms with van der Waals surface area (Å²) >= 11 is 0. The van der Waals surface area contributed by atoms with Gasteiger partial charge in [0, 0.05) is 24.7 Å². The van der Waals surface area contributed by atoms with Gasteiger partial charge in [0.2, 0.25) is 0 Å². The number of pyridine rings is 1. The van der Waals surface area contributed by atoms with Crippen LogP contribution in [0.4, 0.5) is 0 Å². The Morgan fingerprint density at radius 2 is 1.88 bits per heavy atom. The van der Waals surface area contributed by atoms with Crippen LogP contribution >= 0.6 is 0 Å². The molecule has 126 valence electrons. The zero-order valence-corrected chi connectivity index (χ0v) is 14.5. The molecule has 0 N–H and O–H groups in total. The SMILES string of the molecule is CC(=O)CC(c1ccncc1)c1ccc(C)c(OC2CCCC2)c1. The second kappa shape index (κ2) is 7.61. The molecule has 3 heteroatoms. The first-order valence-corrected chi connectivity index (χ1v) is 8.80. The maximum absolute atomic E-state index is 11.8. The normalized spacial score (nSPS) is 16.1. The average molecular weight is 323 g/mol. The molecule has 1 aromatic heterocycles. The van der Waals surface area contributed by atoms with E-state index in [1.54, 1.807) is 19.3 Å². The van der Waals surface area contributed by atoms with E-state index < -0.39 is 0 Å². The topological polar surface area (TPSA) is 39.2 Å². The first-order valence-electron chi connectivity index (χ1n) is 8.80. The summed E-state index contributed by atoms with van der Waals surface area (Å²) in [5, 5.41) is 0. The Balaban J connectivity index is 1.90. The van der Waals surface area contributed by atoms with Crippen molar-refractivity contribution in [3.63, 3.8) is 0 Å². The summed E-state index contributed by atoms with van der Waals surface area (Å²) in [5.74, 6) is 1.20. The van der Waals surface area contributed by atoms with Crippen LogP contribution in [-0.4, -0.2) is 16.9 Å². The fourth-order valence-corrected chi connectivity index (χ4v) is 3.46. The van der Waals surface area contributed by atoms with E-state index in [0.29, 0.717) is 12.5 Å². The fourth-order valence-electron chi connectivity index (χ4n) is 3.46. The van der Waals surface area contributed by atoms with Crippen LogP contribution in [0.2, 0.25) is 0 Å². The van der Waals surface area contributed by atoms with Crippen molar-refractivity contribution in [1.29, 1.82) is 0 Å². The first-order chi connectivity index (χ1) is 11.6. The quantitative estimate of drug-likeness (QED) is 0.765. The molecule has 3 nitrogen and oxygen atoms in total. The van der Waals surface area contributed by atoms with Gasteiger partial charge in [-0.1, -0.05) is 12.1 Å². The number of carbonyl (C=O) groups excluding carboxylic acids is 1. The lowest BCUT2D eigenvalue weighted by Gasteiger charge is -2.20. The first kappa shape index (κ1) is 16.7. The van der Waals surface area contributed by atoms with Crippen molar-refractivity contribution in [3.8, 4) is 5.75 Å². The van der Waals surface area contributed by atoms with Gasteiger partial charge < -0.3 is 4.74 Å². The van der Waals surface area contributed by atoms with Crippen molar-refractivity contribution >= 4 is 5.78 Å². The van der Waals surface area contributed by atoms with E-state index in [1.165, 1.54) is 12.8 Å². The van der Waals surface area contributed by atoms with Crippen LogP contribution in [0.1, 0.15) is 61.6 Å². The van der Waals surface area contributed by atoms with Gasteiger partial charge >= 0.3 is 0 Å². The molecule has 0 aliphatic heterocycles. The number of Topliss-reactive ketones (excluding diaryl/α,β-unsaturated/α-hetero) is 1. The third kappa shape index (κ3) is 4.02. The van der Waals surface area contributed by atoms with Gasteiger partial charge in [0.15, 0.2) is 0 Å². The Morgan fingerprint density at radius 3 is 2.54 bits per heavy atom. The largest absolute Gasteiger partial charge is 0.490 e. The Labute approximate surface area is 144 Å². The molecule has 1 heterocycles. The van der Waals surface area contributed by atoms with Crippen molar-refractivity contribution < 1.29 is 9.53 Å². The Bertz CT molecular complexity index is 690. The molecule has 2 aromatic rings. The fraction of sp³-hybridized carbons (Fsp3) is 0.429. The number of ketones is 1. The highest BCUT2D eigenvalue weighted by Crippen LogP contribution is 2.33. The minimum Gasteiger partial charge on any atom is -0.490 e. The molecule has 1 saturated carbocycles. The molecule has 1 atom stereocenters. The summed E-state index contributed by atoms with van der Waals surface area (Å²) in [6.45, 7) is 3.73. The van der Waals surface area contributed by atoms with E-state index >= 15 is 0 Å². The molecule has 1 aromatic carbocycles. The average Bonchev–Trinajstić information content (AvgIpc) is 3.08. The molecule has 24 heavy (non-hydrogen) atoms. The minimum atomic E-state index is 0.0528. The molecule has 0 amide bonds. The van der Waals surface area contributed by atoms with Gasteiger partial charge in [0.25, 0.3) is 0 Å². The summed E-state index contributed by atoms with van der Waals surface area (Å²) in [4.78, 5) is 15.9. The van der Waals surface area contributed by atoms with Crippen LogP contribution < -0.4 is 4.74 Å². The second-order valence-corrected chi connectivity index (χ2v) is 6.79. The lowest BCUT2D eigenvalue weighted by molar-refractivity contribution is -0.117. The summed E-state index contributed by atoms with van der Waals surface area (Å²) in [5.41, 5.74) is 3.41. The zero-order valence-electron chi connectivity index (χ0n) is 14.5. The predicted molar refractivity (Wildman–Crippen MR) is 95.4 cm³/mol. The van der Waals surface area contributed by atoms with Crippen LogP contribution in [0, 0.1) is 6.92 Å². The lowest BCUT2D eigenvalue weighted by atomic mass is 9.87. The summed E-state index contributed by atoms with van der Waals surface area (Å²) < 4.78 is 6.24. The molecular formula is C21H25NO2. The maximum Gasteiger partial charge on any atom is 0.130 e. The highest BCUT2D eigenvalue weighted by Gasteiger charge is 2.20. The third-order valence-electron chi connectivity index (χ3n) is 4.81. The van der Waals surface area contributed by atoms with Crippen LogP contribution in [0.25, 0.3) is 0 Å². The molecular weight excluding hydrogens is 298 g/mol. The second-order valence-electron chi connectivity index (χ2n) is 6.79. The molecule has 1 aliphatic carbocycles. The molecule has 0 radical (unpaired) electrons. The number of rotatable bonds is 6. The number of benzene rings is 1.